The van der Waals surface area contributed by atoms with E-state index in [1.54, 1.807) is 0 Å². The molecule has 0 bridgehead atoms. The van der Waals surface area contributed by atoms with Crippen LogP contribution in [0.2, 0.25) is 0 Å². The number of amides is 1. The van der Waals surface area contributed by atoms with E-state index in [1.165, 1.54) is 0 Å². The van der Waals surface area contributed by atoms with Crippen molar-refractivity contribution in [1.82, 2.24) is 5.32 Å². The molecule has 0 aromatic carbocycles. The summed E-state index contributed by atoms with van der Waals surface area (Å²) in [5.74, 6) is 0.598. The monoisotopic (exact) mass is 271 g/mol. The molecule has 0 saturated heterocycles. The van der Waals surface area contributed by atoms with Gasteiger partial charge in [0.05, 0.1) is 0 Å². The van der Waals surface area contributed by atoms with Crippen LogP contribution >= 0.6 is 0 Å². The molecule has 0 radical (unpaired) electrons. The van der Waals surface area contributed by atoms with Crippen LogP contribution in [0.5, 0.6) is 0 Å². The first-order chi connectivity index (χ1) is 8.63. The molecule has 0 aliphatic rings. The molecule has 0 fully saturated rings. The quantitative estimate of drug-likeness (QED) is 0.648. The van der Waals surface area contributed by atoms with Crippen LogP contribution in [0.25, 0.3) is 0 Å². The number of nitrogens with one attached hydrogen (secondary N) is 1. The molecule has 0 aromatic rings. The second-order valence-electron chi connectivity index (χ2n) is 6.86. The van der Waals surface area contributed by atoms with E-state index < -0.39 is 5.60 Å². The predicted octanol–water partition coefficient (Wildman–Crippen LogP) is 3.77. The van der Waals surface area contributed by atoms with Crippen molar-refractivity contribution in [3.63, 3.8) is 0 Å². The van der Waals surface area contributed by atoms with Crippen LogP contribution < -0.4 is 5.32 Å². The zero-order valence-corrected chi connectivity index (χ0v) is 13.9. The van der Waals surface area contributed by atoms with Gasteiger partial charge in [-0.25, -0.2) is 0 Å². The summed E-state index contributed by atoms with van der Waals surface area (Å²) >= 11 is 0. The van der Waals surface area contributed by atoms with Gasteiger partial charge in [0.15, 0.2) is 0 Å². The lowest BCUT2D eigenvalue weighted by Gasteiger charge is -2.31. The van der Waals surface area contributed by atoms with Crippen LogP contribution in [-0.2, 0) is 9.53 Å². The maximum absolute atomic E-state index is 12.0. The predicted molar refractivity (Wildman–Crippen MR) is 81.2 cm³/mol. The molecule has 114 valence electrons. The second-order valence-corrected chi connectivity index (χ2v) is 6.86. The SMILES string of the molecule is CCCCNC(=O)C(C)(C)OCCC(C)(C)C(C)C. The number of hydrogen-bond acceptors (Lipinski definition) is 2. The zero-order valence-electron chi connectivity index (χ0n) is 13.9. The van der Waals surface area contributed by atoms with Gasteiger partial charge in [-0.3, -0.25) is 4.79 Å². The fourth-order valence-electron chi connectivity index (χ4n) is 1.52. The Morgan fingerprint density at radius 2 is 1.79 bits per heavy atom. The number of hydrogen-bond donors (Lipinski definition) is 1. The first-order valence-corrected chi connectivity index (χ1v) is 7.55. The summed E-state index contributed by atoms with van der Waals surface area (Å²) in [4.78, 5) is 12.0. The standard InChI is InChI=1S/C16H33NO2/c1-8-9-11-17-14(18)16(6,7)19-12-10-15(4,5)13(2)3/h13H,8-12H2,1-7H3,(H,17,18). The zero-order chi connectivity index (χ0) is 15.1. The van der Waals surface area contributed by atoms with E-state index in [0.29, 0.717) is 12.5 Å². The van der Waals surface area contributed by atoms with Crippen LogP contribution in [0.3, 0.4) is 0 Å². The average Bonchev–Trinajstić information content (AvgIpc) is 2.28. The normalized spacial score (nSPS) is 12.8. The highest BCUT2D eigenvalue weighted by molar-refractivity contribution is 5.84. The molecular formula is C16H33NO2. The Labute approximate surface area is 119 Å². The summed E-state index contributed by atoms with van der Waals surface area (Å²) in [6.07, 6.45) is 3.07. The van der Waals surface area contributed by atoms with E-state index in [-0.39, 0.29) is 11.3 Å². The van der Waals surface area contributed by atoms with Gasteiger partial charge < -0.3 is 10.1 Å². The fraction of sp³-hybridized carbons (Fsp3) is 0.938. The van der Waals surface area contributed by atoms with E-state index in [0.717, 1.165) is 25.8 Å². The molecule has 1 amide bonds. The third-order valence-electron chi connectivity index (χ3n) is 4.13. The van der Waals surface area contributed by atoms with Crippen LogP contribution in [0.1, 0.15) is 67.7 Å². The van der Waals surface area contributed by atoms with E-state index in [1.807, 2.05) is 13.8 Å². The van der Waals surface area contributed by atoms with Gasteiger partial charge in [0, 0.05) is 13.2 Å². The number of rotatable bonds is 9. The van der Waals surface area contributed by atoms with Crippen LogP contribution in [0.4, 0.5) is 0 Å². The summed E-state index contributed by atoms with van der Waals surface area (Å²) in [6, 6.07) is 0. The molecule has 0 saturated carbocycles. The topological polar surface area (TPSA) is 38.3 Å². The van der Waals surface area contributed by atoms with E-state index >= 15 is 0 Å². The summed E-state index contributed by atoms with van der Waals surface area (Å²) < 4.78 is 5.80. The minimum atomic E-state index is -0.735. The van der Waals surface area contributed by atoms with Crippen LogP contribution in [-0.4, -0.2) is 24.7 Å². The molecule has 3 heteroatoms. The Morgan fingerprint density at radius 3 is 2.26 bits per heavy atom. The van der Waals surface area contributed by atoms with Crippen LogP contribution in [0, 0.1) is 11.3 Å². The maximum atomic E-state index is 12.0. The molecular weight excluding hydrogens is 238 g/mol. The molecule has 1 N–H and O–H groups in total. The van der Waals surface area contributed by atoms with Crippen molar-refractivity contribution in [2.24, 2.45) is 11.3 Å². The van der Waals surface area contributed by atoms with Crippen LogP contribution in [0.15, 0.2) is 0 Å². The first kappa shape index (κ1) is 18.4. The molecule has 0 aromatic heterocycles. The molecule has 19 heavy (non-hydrogen) atoms. The molecule has 0 rings (SSSR count). The largest absolute Gasteiger partial charge is 0.366 e. The maximum Gasteiger partial charge on any atom is 0.251 e. The Balaban J connectivity index is 4.12. The third kappa shape index (κ3) is 6.95. The Kier molecular flexibility index (Phi) is 7.65. The van der Waals surface area contributed by atoms with Gasteiger partial charge >= 0.3 is 0 Å². The second kappa shape index (κ2) is 7.88. The summed E-state index contributed by atoms with van der Waals surface area (Å²) in [6.45, 7) is 16.1. The van der Waals surface area contributed by atoms with Gasteiger partial charge in [-0.05, 0) is 38.0 Å². The fourth-order valence-corrected chi connectivity index (χ4v) is 1.52. The van der Waals surface area contributed by atoms with Gasteiger partial charge in [0.2, 0.25) is 0 Å². The van der Waals surface area contributed by atoms with E-state index in [2.05, 4.69) is 39.9 Å². The average molecular weight is 271 g/mol. The third-order valence-corrected chi connectivity index (χ3v) is 4.13. The van der Waals surface area contributed by atoms with Gasteiger partial charge in [-0.1, -0.05) is 41.0 Å². The highest BCUT2D eigenvalue weighted by atomic mass is 16.5. The molecule has 0 heterocycles. The van der Waals surface area contributed by atoms with Crippen molar-refractivity contribution in [2.45, 2.75) is 73.3 Å². The van der Waals surface area contributed by atoms with E-state index in [4.69, 9.17) is 4.74 Å². The smallest absolute Gasteiger partial charge is 0.251 e. The first-order valence-electron chi connectivity index (χ1n) is 7.55. The minimum Gasteiger partial charge on any atom is -0.366 e. The Morgan fingerprint density at radius 1 is 1.21 bits per heavy atom. The van der Waals surface area contributed by atoms with Crippen molar-refractivity contribution in [1.29, 1.82) is 0 Å². The Bertz CT molecular complexity index is 270. The van der Waals surface area contributed by atoms with Gasteiger partial charge in [0.1, 0.15) is 5.60 Å². The molecule has 0 aliphatic carbocycles. The molecule has 0 spiro atoms. The molecule has 0 unspecified atom stereocenters. The lowest BCUT2D eigenvalue weighted by Crippen LogP contribution is -2.45. The lowest BCUT2D eigenvalue weighted by molar-refractivity contribution is -0.143. The van der Waals surface area contributed by atoms with Gasteiger partial charge in [-0.2, -0.15) is 0 Å². The van der Waals surface area contributed by atoms with Gasteiger partial charge in [-0.15, -0.1) is 0 Å². The van der Waals surface area contributed by atoms with Gasteiger partial charge in [0.25, 0.3) is 5.91 Å². The summed E-state index contributed by atoms with van der Waals surface area (Å²) in [7, 11) is 0. The van der Waals surface area contributed by atoms with Crippen molar-refractivity contribution in [3.8, 4) is 0 Å². The highest BCUT2D eigenvalue weighted by Gasteiger charge is 2.29. The van der Waals surface area contributed by atoms with Crippen molar-refractivity contribution in [2.75, 3.05) is 13.2 Å². The highest BCUT2D eigenvalue weighted by Crippen LogP contribution is 2.30. The number of carbonyl (C=O) groups excluding carboxylic acids is 1. The molecule has 0 aliphatic heterocycles. The molecule has 0 atom stereocenters. The van der Waals surface area contributed by atoms with Crippen molar-refractivity contribution < 1.29 is 9.53 Å². The minimum absolute atomic E-state index is 0.0108. The number of ether oxygens (including phenoxy) is 1. The van der Waals surface area contributed by atoms with Crippen molar-refractivity contribution >= 4 is 5.91 Å². The lowest BCUT2D eigenvalue weighted by atomic mass is 9.79. The van der Waals surface area contributed by atoms with Crippen molar-refractivity contribution in [3.05, 3.63) is 0 Å². The summed E-state index contributed by atoms with van der Waals surface area (Å²) in [5, 5.41) is 2.93. The number of carbonyl (C=O) groups is 1. The summed E-state index contributed by atoms with van der Waals surface area (Å²) in [5.41, 5.74) is -0.491. The number of unbranched alkanes of at least 4 members (excludes halogenated alkanes) is 1. The van der Waals surface area contributed by atoms with E-state index in [9.17, 15) is 4.79 Å². The molecule has 3 nitrogen and oxygen atoms in total. The Hall–Kier alpha value is -0.570.